The van der Waals surface area contributed by atoms with Crippen molar-refractivity contribution >= 4 is 34.0 Å². The number of carbonyl (C=O) groups is 2. The van der Waals surface area contributed by atoms with Crippen LogP contribution >= 0.6 is 0 Å². The zero-order chi connectivity index (χ0) is 21.1. The van der Waals surface area contributed by atoms with Crippen LogP contribution in [0.15, 0.2) is 60.7 Å². The van der Waals surface area contributed by atoms with Gasteiger partial charge in [0, 0.05) is 33.1 Å². The Bertz CT molecular complexity index is 1090. The van der Waals surface area contributed by atoms with Crippen LogP contribution in [0.1, 0.15) is 17.3 Å². The molecule has 3 aromatic carbocycles. The molecular formula is C24H25N3O3. The summed E-state index contributed by atoms with van der Waals surface area (Å²) >= 11 is 0. The van der Waals surface area contributed by atoms with Crippen LogP contribution in [0.3, 0.4) is 0 Å². The van der Waals surface area contributed by atoms with Gasteiger partial charge in [0.05, 0.1) is 24.0 Å². The number of nitrogens with one attached hydrogen (secondary N) is 1. The van der Waals surface area contributed by atoms with Crippen molar-refractivity contribution in [2.24, 2.45) is 0 Å². The van der Waals surface area contributed by atoms with Gasteiger partial charge in [-0.15, -0.1) is 0 Å². The number of rotatable bonds is 4. The largest absolute Gasteiger partial charge is 0.496 e. The van der Waals surface area contributed by atoms with Crippen LogP contribution in [-0.2, 0) is 4.79 Å². The van der Waals surface area contributed by atoms with E-state index in [1.807, 2.05) is 65.6 Å². The number of ether oxygens (including phenoxy) is 1. The molecule has 6 nitrogen and oxygen atoms in total. The summed E-state index contributed by atoms with van der Waals surface area (Å²) in [5, 5.41) is 5.06. The number of nitrogens with zero attached hydrogens (tertiary/aromatic N) is 2. The molecule has 0 atom stereocenters. The van der Waals surface area contributed by atoms with E-state index in [4.69, 9.17) is 4.74 Å². The summed E-state index contributed by atoms with van der Waals surface area (Å²) in [5.74, 6) is 0.422. The first-order valence-corrected chi connectivity index (χ1v) is 10.0. The number of benzene rings is 3. The normalized spacial score (nSPS) is 13.9. The van der Waals surface area contributed by atoms with Crippen molar-refractivity contribution in [2.75, 3.05) is 43.5 Å². The van der Waals surface area contributed by atoms with Crippen molar-refractivity contribution in [1.82, 2.24) is 4.90 Å². The summed E-state index contributed by atoms with van der Waals surface area (Å²) in [4.78, 5) is 28.8. The minimum absolute atomic E-state index is 0.0969. The number of hydrogen-bond acceptors (Lipinski definition) is 4. The van der Waals surface area contributed by atoms with Gasteiger partial charge in [0.15, 0.2) is 0 Å². The van der Waals surface area contributed by atoms with Crippen molar-refractivity contribution < 1.29 is 14.3 Å². The lowest BCUT2D eigenvalue weighted by molar-refractivity contribution is -0.129. The van der Waals surface area contributed by atoms with Gasteiger partial charge in [-0.25, -0.2) is 0 Å². The molecule has 3 aromatic rings. The van der Waals surface area contributed by atoms with E-state index in [-0.39, 0.29) is 11.8 Å². The predicted molar refractivity (Wildman–Crippen MR) is 119 cm³/mol. The van der Waals surface area contributed by atoms with Gasteiger partial charge in [0.25, 0.3) is 5.91 Å². The van der Waals surface area contributed by atoms with E-state index >= 15 is 0 Å². The second kappa shape index (κ2) is 8.45. The number of fused-ring (bicyclic) bond motifs is 1. The molecule has 0 bridgehead atoms. The van der Waals surface area contributed by atoms with Crippen molar-refractivity contribution in [3.63, 3.8) is 0 Å². The van der Waals surface area contributed by atoms with Crippen LogP contribution in [0.2, 0.25) is 0 Å². The minimum atomic E-state index is -0.215. The monoisotopic (exact) mass is 403 g/mol. The number of amides is 2. The maximum atomic E-state index is 13.2. The summed E-state index contributed by atoms with van der Waals surface area (Å²) < 4.78 is 5.48. The summed E-state index contributed by atoms with van der Waals surface area (Å²) in [7, 11) is 1.57. The summed E-state index contributed by atoms with van der Waals surface area (Å²) in [6.45, 7) is 4.41. The molecule has 154 valence electrons. The van der Waals surface area contributed by atoms with E-state index in [0.717, 1.165) is 35.2 Å². The Kier molecular flexibility index (Phi) is 5.57. The maximum Gasteiger partial charge on any atom is 0.259 e. The quantitative estimate of drug-likeness (QED) is 0.720. The molecule has 0 unspecified atom stereocenters. The molecule has 6 heteroatoms. The highest BCUT2D eigenvalue weighted by Gasteiger charge is 2.22. The molecule has 0 aliphatic carbocycles. The predicted octanol–water partition coefficient (Wildman–Crippen LogP) is 3.77. The number of methoxy groups -OCH3 is 1. The third-order valence-electron chi connectivity index (χ3n) is 5.53. The van der Waals surface area contributed by atoms with Crippen molar-refractivity contribution in [3.8, 4) is 5.75 Å². The van der Waals surface area contributed by atoms with E-state index in [0.29, 0.717) is 24.4 Å². The molecule has 1 aliphatic heterocycles. The molecule has 0 radical (unpaired) electrons. The third-order valence-corrected chi connectivity index (χ3v) is 5.53. The van der Waals surface area contributed by atoms with E-state index in [1.54, 1.807) is 14.0 Å². The fraction of sp³-hybridized carbons (Fsp3) is 0.250. The molecule has 1 N–H and O–H groups in total. The first-order chi connectivity index (χ1) is 14.6. The molecule has 1 fully saturated rings. The van der Waals surface area contributed by atoms with Crippen LogP contribution in [0.5, 0.6) is 5.75 Å². The first kappa shape index (κ1) is 19.8. The lowest BCUT2D eigenvalue weighted by atomic mass is 10.0. The Morgan fingerprint density at radius 1 is 0.900 bits per heavy atom. The number of carbonyl (C=O) groups excluding carboxylic acids is 2. The molecule has 2 amide bonds. The SMILES string of the molecule is COc1cc2ccccc2cc1C(=O)Nc1ccccc1N1CCN(C(C)=O)CC1. The summed E-state index contributed by atoms with van der Waals surface area (Å²) in [5.41, 5.74) is 2.19. The van der Waals surface area contributed by atoms with E-state index < -0.39 is 0 Å². The molecule has 1 heterocycles. The third kappa shape index (κ3) is 3.94. The Balaban J connectivity index is 1.59. The lowest BCUT2D eigenvalue weighted by Gasteiger charge is -2.36. The van der Waals surface area contributed by atoms with Crippen LogP contribution in [0.25, 0.3) is 10.8 Å². The average Bonchev–Trinajstić information content (AvgIpc) is 2.78. The highest BCUT2D eigenvalue weighted by Crippen LogP contribution is 2.30. The summed E-state index contributed by atoms with van der Waals surface area (Å²) in [6.07, 6.45) is 0. The van der Waals surface area contributed by atoms with Crippen LogP contribution in [0, 0.1) is 0 Å². The fourth-order valence-corrected chi connectivity index (χ4v) is 3.87. The number of para-hydroxylation sites is 2. The average molecular weight is 403 g/mol. The topological polar surface area (TPSA) is 61.9 Å². The van der Waals surface area contributed by atoms with Crippen LogP contribution in [-0.4, -0.2) is 50.0 Å². The van der Waals surface area contributed by atoms with Gasteiger partial charge in [-0.2, -0.15) is 0 Å². The molecule has 30 heavy (non-hydrogen) atoms. The van der Waals surface area contributed by atoms with Crippen molar-refractivity contribution in [2.45, 2.75) is 6.92 Å². The second-order valence-electron chi connectivity index (χ2n) is 7.36. The zero-order valence-electron chi connectivity index (χ0n) is 17.2. The summed E-state index contributed by atoms with van der Waals surface area (Å²) in [6, 6.07) is 19.4. The molecular weight excluding hydrogens is 378 g/mol. The smallest absolute Gasteiger partial charge is 0.259 e. The Morgan fingerprint density at radius 2 is 1.53 bits per heavy atom. The Hall–Kier alpha value is -3.54. The number of hydrogen-bond donors (Lipinski definition) is 1. The molecule has 4 rings (SSSR count). The highest BCUT2D eigenvalue weighted by atomic mass is 16.5. The molecule has 0 spiro atoms. The minimum Gasteiger partial charge on any atom is -0.496 e. The molecule has 0 saturated carbocycles. The van der Waals surface area contributed by atoms with Crippen molar-refractivity contribution in [3.05, 3.63) is 66.2 Å². The fourth-order valence-electron chi connectivity index (χ4n) is 3.87. The molecule has 0 aromatic heterocycles. The van der Waals surface area contributed by atoms with Crippen molar-refractivity contribution in [1.29, 1.82) is 0 Å². The number of piperazine rings is 1. The van der Waals surface area contributed by atoms with Crippen LogP contribution < -0.4 is 15.0 Å². The number of anilines is 2. The standard InChI is InChI=1S/C24H25N3O3/c1-17(28)26-11-13-27(14-12-26)22-10-6-5-9-21(22)25-24(29)20-15-18-7-3-4-8-19(18)16-23(20)30-2/h3-10,15-16H,11-14H2,1-2H3,(H,25,29). The van der Waals surface area contributed by atoms with Gasteiger partial charge in [0.1, 0.15) is 5.75 Å². The Morgan fingerprint density at radius 3 is 2.20 bits per heavy atom. The van der Waals surface area contributed by atoms with Gasteiger partial charge in [-0.1, -0.05) is 36.4 Å². The maximum absolute atomic E-state index is 13.2. The van der Waals surface area contributed by atoms with Gasteiger partial charge in [0.2, 0.25) is 5.91 Å². The van der Waals surface area contributed by atoms with E-state index in [9.17, 15) is 9.59 Å². The highest BCUT2D eigenvalue weighted by molar-refractivity contribution is 6.10. The zero-order valence-corrected chi connectivity index (χ0v) is 17.2. The van der Waals surface area contributed by atoms with E-state index in [1.165, 1.54) is 0 Å². The van der Waals surface area contributed by atoms with E-state index in [2.05, 4.69) is 10.2 Å². The van der Waals surface area contributed by atoms with Gasteiger partial charge in [-0.3, -0.25) is 9.59 Å². The lowest BCUT2D eigenvalue weighted by Crippen LogP contribution is -2.48. The Labute approximate surface area is 176 Å². The van der Waals surface area contributed by atoms with Gasteiger partial charge in [-0.05, 0) is 35.0 Å². The molecule has 1 saturated heterocycles. The van der Waals surface area contributed by atoms with Gasteiger partial charge < -0.3 is 19.9 Å². The van der Waals surface area contributed by atoms with Crippen LogP contribution in [0.4, 0.5) is 11.4 Å². The second-order valence-corrected chi connectivity index (χ2v) is 7.36. The molecule has 1 aliphatic rings. The first-order valence-electron chi connectivity index (χ1n) is 10.0. The van der Waals surface area contributed by atoms with Gasteiger partial charge >= 0.3 is 0 Å².